The molecule has 0 aromatic carbocycles. The van der Waals surface area contributed by atoms with E-state index in [0.29, 0.717) is 25.6 Å². The van der Waals surface area contributed by atoms with Gasteiger partial charge in [0.1, 0.15) is 0 Å². The quantitative estimate of drug-likeness (QED) is 0.789. The van der Waals surface area contributed by atoms with Crippen molar-refractivity contribution < 1.29 is 9.59 Å². The SMILES string of the molecule is CC(=O)N1CCC(C(=O)N2CCC(C)CC2CN)C1. The lowest BCUT2D eigenvalue weighted by atomic mass is 9.91. The van der Waals surface area contributed by atoms with Crippen molar-refractivity contribution in [3.8, 4) is 0 Å². The van der Waals surface area contributed by atoms with E-state index in [4.69, 9.17) is 5.73 Å². The number of rotatable bonds is 2. The first-order chi connectivity index (χ1) is 9.02. The maximum atomic E-state index is 12.6. The Kier molecular flexibility index (Phi) is 4.45. The Hall–Kier alpha value is -1.10. The molecule has 2 fully saturated rings. The maximum Gasteiger partial charge on any atom is 0.227 e. The van der Waals surface area contributed by atoms with E-state index in [1.165, 1.54) is 0 Å². The third-order valence-electron chi connectivity index (χ3n) is 4.52. The van der Waals surface area contributed by atoms with E-state index >= 15 is 0 Å². The van der Waals surface area contributed by atoms with Gasteiger partial charge in [-0.3, -0.25) is 9.59 Å². The van der Waals surface area contributed by atoms with Crippen LogP contribution in [0.2, 0.25) is 0 Å². The zero-order chi connectivity index (χ0) is 14.0. The summed E-state index contributed by atoms with van der Waals surface area (Å²) >= 11 is 0. The van der Waals surface area contributed by atoms with Crippen molar-refractivity contribution in [1.82, 2.24) is 9.80 Å². The molecule has 0 aromatic rings. The summed E-state index contributed by atoms with van der Waals surface area (Å²) in [4.78, 5) is 27.6. The third-order valence-corrected chi connectivity index (χ3v) is 4.52. The topological polar surface area (TPSA) is 66.6 Å². The zero-order valence-electron chi connectivity index (χ0n) is 12.0. The Bertz CT molecular complexity index is 359. The normalized spacial score (nSPS) is 31.6. The number of amides is 2. The van der Waals surface area contributed by atoms with Crippen LogP contribution in [0.15, 0.2) is 0 Å². The van der Waals surface area contributed by atoms with E-state index in [1.807, 2.05) is 4.90 Å². The number of nitrogens with zero attached hydrogens (tertiary/aromatic N) is 2. The lowest BCUT2D eigenvalue weighted by molar-refractivity contribution is -0.139. The van der Waals surface area contributed by atoms with Gasteiger partial charge in [0.25, 0.3) is 0 Å². The van der Waals surface area contributed by atoms with Crippen LogP contribution in [0.4, 0.5) is 0 Å². The molecular weight excluding hydrogens is 242 g/mol. The Morgan fingerprint density at radius 2 is 2.00 bits per heavy atom. The maximum absolute atomic E-state index is 12.6. The van der Waals surface area contributed by atoms with Crippen LogP contribution in [0.1, 0.15) is 33.1 Å². The van der Waals surface area contributed by atoms with E-state index in [1.54, 1.807) is 11.8 Å². The molecule has 2 aliphatic rings. The van der Waals surface area contributed by atoms with Gasteiger partial charge in [0.05, 0.1) is 5.92 Å². The first-order valence-corrected chi connectivity index (χ1v) is 7.29. The minimum Gasteiger partial charge on any atom is -0.342 e. The molecule has 2 aliphatic heterocycles. The summed E-state index contributed by atoms with van der Waals surface area (Å²) in [5.74, 6) is 0.894. The first-order valence-electron chi connectivity index (χ1n) is 7.29. The lowest BCUT2D eigenvalue weighted by Gasteiger charge is -2.39. The molecule has 0 radical (unpaired) electrons. The number of hydrogen-bond donors (Lipinski definition) is 1. The van der Waals surface area contributed by atoms with E-state index in [2.05, 4.69) is 6.92 Å². The van der Waals surface area contributed by atoms with Crippen LogP contribution in [-0.4, -0.2) is 53.8 Å². The molecule has 2 heterocycles. The number of hydrogen-bond acceptors (Lipinski definition) is 3. The summed E-state index contributed by atoms with van der Waals surface area (Å²) in [6, 6.07) is 0.183. The number of carbonyl (C=O) groups is 2. The fourth-order valence-corrected chi connectivity index (χ4v) is 3.25. The first kappa shape index (κ1) is 14.3. The Morgan fingerprint density at radius 3 is 2.58 bits per heavy atom. The minimum atomic E-state index is -0.0219. The van der Waals surface area contributed by atoms with Gasteiger partial charge in [-0.15, -0.1) is 0 Å². The molecule has 0 spiro atoms. The van der Waals surface area contributed by atoms with Crippen molar-refractivity contribution >= 4 is 11.8 Å². The zero-order valence-corrected chi connectivity index (χ0v) is 12.0. The van der Waals surface area contributed by atoms with Crippen molar-refractivity contribution in [2.45, 2.75) is 39.2 Å². The van der Waals surface area contributed by atoms with E-state index in [-0.39, 0.29) is 23.8 Å². The molecule has 2 rings (SSSR count). The average Bonchev–Trinajstić information content (AvgIpc) is 2.87. The molecule has 3 unspecified atom stereocenters. The highest BCUT2D eigenvalue weighted by Crippen LogP contribution is 2.26. The second kappa shape index (κ2) is 5.90. The Balaban J connectivity index is 1.97. The molecule has 2 saturated heterocycles. The molecule has 0 bridgehead atoms. The second-order valence-corrected chi connectivity index (χ2v) is 6.00. The number of likely N-dealkylation sites (tertiary alicyclic amines) is 2. The smallest absolute Gasteiger partial charge is 0.227 e. The largest absolute Gasteiger partial charge is 0.342 e. The van der Waals surface area contributed by atoms with Crippen molar-refractivity contribution in [2.75, 3.05) is 26.2 Å². The molecule has 2 amide bonds. The van der Waals surface area contributed by atoms with Crippen LogP contribution in [0, 0.1) is 11.8 Å². The third kappa shape index (κ3) is 3.08. The van der Waals surface area contributed by atoms with Gasteiger partial charge >= 0.3 is 0 Å². The molecule has 0 aromatic heterocycles. The number of nitrogens with two attached hydrogens (primary N) is 1. The van der Waals surface area contributed by atoms with Crippen LogP contribution in [0.5, 0.6) is 0 Å². The average molecular weight is 267 g/mol. The van der Waals surface area contributed by atoms with Crippen LogP contribution < -0.4 is 5.73 Å². The molecule has 5 nitrogen and oxygen atoms in total. The summed E-state index contributed by atoms with van der Waals surface area (Å²) in [6.07, 6.45) is 2.86. The molecule has 0 saturated carbocycles. The van der Waals surface area contributed by atoms with Gasteiger partial charge in [-0.05, 0) is 25.2 Å². The fourth-order valence-electron chi connectivity index (χ4n) is 3.25. The molecule has 5 heteroatoms. The van der Waals surface area contributed by atoms with Crippen molar-refractivity contribution in [3.63, 3.8) is 0 Å². The highest BCUT2D eigenvalue weighted by Gasteiger charge is 2.36. The van der Waals surface area contributed by atoms with Gasteiger partial charge in [-0.2, -0.15) is 0 Å². The Labute approximate surface area is 115 Å². The lowest BCUT2D eigenvalue weighted by Crippen LogP contribution is -2.51. The summed E-state index contributed by atoms with van der Waals surface area (Å²) in [6.45, 7) is 6.44. The van der Waals surface area contributed by atoms with E-state index in [0.717, 1.165) is 25.8 Å². The predicted molar refractivity (Wildman–Crippen MR) is 73.3 cm³/mol. The van der Waals surface area contributed by atoms with Gasteiger partial charge in [0.2, 0.25) is 11.8 Å². The van der Waals surface area contributed by atoms with Crippen LogP contribution in [0.3, 0.4) is 0 Å². The molecule has 108 valence electrons. The van der Waals surface area contributed by atoms with Crippen LogP contribution >= 0.6 is 0 Å². The minimum absolute atomic E-state index is 0.0219. The number of piperidine rings is 1. The molecular formula is C14H25N3O2. The van der Waals surface area contributed by atoms with Gasteiger partial charge in [0, 0.05) is 39.1 Å². The van der Waals surface area contributed by atoms with Gasteiger partial charge < -0.3 is 15.5 Å². The fraction of sp³-hybridized carbons (Fsp3) is 0.857. The molecule has 2 N–H and O–H groups in total. The molecule has 3 atom stereocenters. The van der Waals surface area contributed by atoms with Crippen LogP contribution in [-0.2, 0) is 9.59 Å². The van der Waals surface area contributed by atoms with Crippen molar-refractivity contribution in [3.05, 3.63) is 0 Å². The van der Waals surface area contributed by atoms with Crippen molar-refractivity contribution in [2.24, 2.45) is 17.6 Å². The Morgan fingerprint density at radius 1 is 1.26 bits per heavy atom. The number of carbonyl (C=O) groups excluding carboxylic acids is 2. The summed E-state index contributed by atoms with van der Waals surface area (Å²) in [5, 5.41) is 0. The highest BCUT2D eigenvalue weighted by atomic mass is 16.2. The van der Waals surface area contributed by atoms with Crippen LogP contribution in [0.25, 0.3) is 0 Å². The standard InChI is InChI=1S/C14H25N3O2/c1-10-3-6-17(13(7-10)8-15)14(19)12-4-5-16(9-12)11(2)18/h10,12-13H,3-9,15H2,1-2H3. The van der Waals surface area contributed by atoms with Crippen molar-refractivity contribution in [1.29, 1.82) is 0 Å². The monoisotopic (exact) mass is 267 g/mol. The van der Waals surface area contributed by atoms with Gasteiger partial charge in [-0.1, -0.05) is 6.92 Å². The highest BCUT2D eigenvalue weighted by molar-refractivity contribution is 5.81. The van der Waals surface area contributed by atoms with Gasteiger partial charge in [-0.25, -0.2) is 0 Å². The molecule has 0 aliphatic carbocycles. The summed E-state index contributed by atoms with van der Waals surface area (Å²) in [7, 11) is 0. The molecule has 19 heavy (non-hydrogen) atoms. The second-order valence-electron chi connectivity index (χ2n) is 6.00. The van der Waals surface area contributed by atoms with Gasteiger partial charge in [0.15, 0.2) is 0 Å². The predicted octanol–water partition coefficient (Wildman–Crippen LogP) is 0.441. The van der Waals surface area contributed by atoms with E-state index in [9.17, 15) is 9.59 Å². The summed E-state index contributed by atoms with van der Waals surface area (Å²) in [5.41, 5.74) is 5.81. The summed E-state index contributed by atoms with van der Waals surface area (Å²) < 4.78 is 0. The van der Waals surface area contributed by atoms with E-state index < -0.39 is 0 Å².